The first-order valence-electron chi connectivity index (χ1n) is 9.31. The van der Waals surface area contributed by atoms with Gasteiger partial charge in [-0.3, -0.25) is 4.98 Å². The summed E-state index contributed by atoms with van der Waals surface area (Å²) in [6.07, 6.45) is 3.11. The van der Waals surface area contributed by atoms with Gasteiger partial charge in [0.2, 0.25) is 0 Å². The van der Waals surface area contributed by atoms with E-state index in [9.17, 15) is 4.79 Å². The molecule has 1 aromatic heterocycles. The van der Waals surface area contributed by atoms with E-state index >= 15 is 0 Å². The Hall–Kier alpha value is -2.92. The average molecular weight is 361 g/mol. The Bertz CT molecular complexity index is 935. The fourth-order valence-corrected chi connectivity index (χ4v) is 3.52. The molecule has 0 bridgehead atoms. The first kappa shape index (κ1) is 17.5. The number of hydrogen-bond donors (Lipinski definition) is 1. The molecule has 5 nitrogen and oxygen atoms in total. The number of hydrogen-bond acceptors (Lipinski definition) is 4. The Morgan fingerprint density at radius 2 is 1.70 bits per heavy atom. The van der Waals surface area contributed by atoms with Crippen LogP contribution in [0.3, 0.4) is 0 Å². The molecule has 27 heavy (non-hydrogen) atoms. The molecule has 1 aliphatic heterocycles. The van der Waals surface area contributed by atoms with Crippen LogP contribution in [0.1, 0.15) is 12.8 Å². The molecule has 2 aromatic carbocycles. The van der Waals surface area contributed by atoms with Gasteiger partial charge in [-0.2, -0.15) is 0 Å². The minimum Gasteiger partial charge on any atom is -0.408 e. The van der Waals surface area contributed by atoms with Crippen molar-refractivity contribution in [3.63, 3.8) is 0 Å². The summed E-state index contributed by atoms with van der Waals surface area (Å²) in [5.41, 5.74) is 1.92. The summed E-state index contributed by atoms with van der Waals surface area (Å²) < 4.78 is 5.62. The second kappa shape index (κ2) is 7.76. The number of nitrogens with zero attached hydrogens (tertiary/aromatic N) is 2. The molecule has 0 radical (unpaired) electrons. The topological polar surface area (TPSA) is 54.5 Å². The second-order valence-corrected chi connectivity index (χ2v) is 6.99. The lowest BCUT2D eigenvalue weighted by molar-refractivity contribution is 0.182. The lowest BCUT2D eigenvalue weighted by Crippen LogP contribution is -2.44. The van der Waals surface area contributed by atoms with Crippen LogP contribution in [0, 0.1) is 0 Å². The van der Waals surface area contributed by atoms with Gasteiger partial charge < -0.3 is 15.0 Å². The van der Waals surface area contributed by atoms with Crippen LogP contribution in [-0.2, 0) is 0 Å². The highest BCUT2D eigenvalue weighted by molar-refractivity contribution is 5.98. The molecule has 138 valence electrons. The molecular formula is C22H23N3O2. The van der Waals surface area contributed by atoms with Crippen LogP contribution in [0.5, 0.6) is 5.75 Å². The minimum atomic E-state index is -0.413. The van der Waals surface area contributed by atoms with Gasteiger partial charge in [0.25, 0.3) is 0 Å². The van der Waals surface area contributed by atoms with Crippen LogP contribution in [-0.4, -0.2) is 42.2 Å². The number of amides is 1. The van der Waals surface area contributed by atoms with Crippen molar-refractivity contribution < 1.29 is 9.53 Å². The van der Waals surface area contributed by atoms with Gasteiger partial charge >= 0.3 is 6.09 Å². The fourth-order valence-electron chi connectivity index (χ4n) is 3.52. The van der Waals surface area contributed by atoms with Crippen molar-refractivity contribution in [3.8, 4) is 17.0 Å². The van der Waals surface area contributed by atoms with E-state index in [-0.39, 0.29) is 6.04 Å². The molecule has 1 amide bonds. The summed E-state index contributed by atoms with van der Waals surface area (Å²) in [6, 6.07) is 18.1. The summed E-state index contributed by atoms with van der Waals surface area (Å²) in [5.74, 6) is 0.482. The van der Waals surface area contributed by atoms with Gasteiger partial charge in [-0.05, 0) is 33.0 Å². The van der Waals surface area contributed by atoms with Crippen molar-refractivity contribution in [2.45, 2.75) is 18.9 Å². The normalized spacial score (nSPS) is 15.6. The second-order valence-electron chi connectivity index (χ2n) is 6.99. The van der Waals surface area contributed by atoms with E-state index in [0.717, 1.165) is 48.0 Å². The van der Waals surface area contributed by atoms with Crippen LogP contribution in [0.15, 0.2) is 60.8 Å². The molecule has 2 heterocycles. The van der Waals surface area contributed by atoms with Crippen molar-refractivity contribution in [1.29, 1.82) is 0 Å². The van der Waals surface area contributed by atoms with E-state index in [2.05, 4.69) is 22.2 Å². The van der Waals surface area contributed by atoms with E-state index in [1.54, 1.807) is 6.20 Å². The summed E-state index contributed by atoms with van der Waals surface area (Å²) in [4.78, 5) is 19.2. The predicted octanol–water partition coefficient (Wildman–Crippen LogP) is 4.08. The number of fused-ring (bicyclic) bond motifs is 1. The zero-order chi connectivity index (χ0) is 18.6. The van der Waals surface area contributed by atoms with Gasteiger partial charge in [-0.1, -0.05) is 54.6 Å². The highest BCUT2D eigenvalue weighted by Gasteiger charge is 2.20. The SMILES string of the molecule is CN1CCC(NC(=O)Oc2cnc(-c3ccccc3)c3ccccc23)CC1. The van der Waals surface area contributed by atoms with E-state index in [0.29, 0.717) is 5.75 Å². The maximum Gasteiger partial charge on any atom is 0.412 e. The van der Waals surface area contributed by atoms with Crippen LogP contribution >= 0.6 is 0 Å². The first-order chi connectivity index (χ1) is 13.2. The zero-order valence-electron chi connectivity index (χ0n) is 15.4. The number of carbonyl (C=O) groups excluding carboxylic acids is 1. The summed E-state index contributed by atoms with van der Waals surface area (Å²) in [7, 11) is 2.10. The van der Waals surface area contributed by atoms with Gasteiger partial charge in [-0.15, -0.1) is 0 Å². The van der Waals surface area contributed by atoms with Crippen LogP contribution in [0.2, 0.25) is 0 Å². The third kappa shape index (κ3) is 3.93. The maximum absolute atomic E-state index is 12.4. The average Bonchev–Trinajstić information content (AvgIpc) is 2.71. The molecule has 1 fully saturated rings. The van der Waals surface area contributed by atoms with Crippen LogP contribution < -0.4 is 10.1 Å². The van der Waals surface area contributed by atoms with Crippen molar-refractivity contribution in [1.82, 2.24) is 15.2 Å². The molecule has 3 aromatic rings. The van der Waals surface area contributed by atoms with E-state index in [1.807, 2.05) is 54.6 Å². The molecule has 4 rings (SSSR count). The van der Waals surface area contributed by atoms with Crippen molar-refractivity contribution >= 4 is 16.9 Å². The molecule has 1 saturated heterocycles. The Balaban J connectivity index is 1.57. The quantitative estimate of drug-likeness (QED) is 0.764. The number of likely N-dealkylation sites (tertiary alicyclic amines) is 1. The Labute approximate surface area is 159 Å². The molecule has 1 aliphatic rings. The standard InChI is InChI=1S/C22H23N3O2/c1-25-13-11-17(12-14-25)24-22(26)27-20-15-23-21(16-7-3-2-4-8-16)19-10-6-5-9-18(19)20/h2-10,15,17H,11-14H2,1H3,(H,24,26). The van der Waals surface area contributed by atoms with Crippen molar-refractivity contribution in [2.24, 2.45) is 0 Å². The molecule has 5 heteroatoms. The highest BCUT2D eigenvalue weighted by atomic mass is 16.6. The first-order valence-corrected chi connectivity index (χ1v) is 9.31. The lowest BCUT2D eigenvalue weighted by Gasteiger charge is -2.29. The number of piperidine rings is 1. The minimum absolute atomic E-state index is 0.163. The lowest BCUT2D eigenvalue weighted by atomic mass is 10.0. The van der Waals surface area contributed by atoms with E-state index < -0.39 is 6.09 Å². The van der Waals surface area contributed by atoms with Crippen molar-refractivity contribution in [2.75, 3.05) is 20.1 Å². The zero-order valence-corrected chi connectivity index (χ0v) is 15.4. The van der Waals surface area contributed by atoms with E-state index in [4.69, 9.17) is 4.74 Å². The molecule has 0 aliphatic carbocycles. The summed E-state index contributed by atoms with van der Waals surface area (Å²) in [5, 5.41) is 4.83. The van der Waals surface area contributed by atoms with Crippen LogP contribution in [0.4, 0.5) is 4.79 Å². The third-order valence-corrected chi connectivity index (χ3v) is 5.05. The van der Waals surface area contributed by atoms with Gasteiger partial charge in [0.1, 0.15) is 0 Å². The Morgan fingerprint density at radius 3 is 2.44 bits per heavy atom. The number of benzene rings is 2. The van der Waals surface area contributed by atoms with Gasteiger partial charge in [-0.25, -0.2) is 4.79 Å². The summed E-state index contributed by atoms with van der Waals surface area (Å²) in [6.45, 7) is 1.97. The summed E-state index contributed by atoms with van der Waals surface area (Å²) >= 11 is 0. The smallest absolute Gasteiger partial charge is 0.408 e. The molecule has 1 N–H and O–H groups in total. The van der Waals surface area contributed by atoms with Gasteiger partial charge in [0.15, 0.2) is 5.75 Å². The van der Waals surface area contributed by atoms with Gasteiger partial charge in [0, 0.05) is 22.4 Å². The Morgan fingerprint density at radius 1 is 1.04 bits per heavy atom. The highest BCUT2D eigenvalue weighted by Crippen LogP contribution is 2.32. The third-order valence-electron chi connectivity index (χ3n) is 5.05. The number of nitrogens with one attached hydrogen (secondary N) is 1. The molecule has 0 saturated carbocycles. The Kier molecular flexibility index (Phi) is 5.03. The van der Waals surface area contributed by atoms with Crippen LogP contribution in [0.25, 0.3) is 22.0 Å². The number of ether oxygens (including phenoxy) is 1. The number of aromatic nitrogens is 1. The van der Waals surface area contributed by atoms with Crippen molar-refractivity contribution in [3.05, 3.63) is 60.8 Å². The van der Waals surface area contributed by atoms with E-state index in [1.165, 1.54) is 0 Å². The fraction of sp³-hybridized carbons (Fsp3) is 0.273. The predicted molar refractivity (Wildman–Crippen MR) is 107 cm³/mol. The molecule has 0 atom stereocenters. The number of pyridine rings is 1. The van der Waals surface area contributed by atoms with Gasteiger partial charge in [0.05, 0.1) is 11.9 Å². The largest absolute Gasteiger partial charge is 0.412 e. The maximum atomic E-state index is 12.4. The molecule has 0 unspecified atom stereocenters. The number of carbonyl (C=O) groups is 1. The number of rotatable bonds is 3. The molecule has 0 spiro atoms. The molecular weight excluding hydrogens is 338 g/mol. The monoisotopic (exact) mass is 361 g/mol.